The highest BCUT2D eigenvalue weighted by molar-refractivity contribution is 5.97. The van der Waals surface area contributed by atoms with Crippen LogP contribution in [0.1, 0.15) is 23.2 Å². The first-order chi connectivity index (χ1) is 14.5. The Morgan fingerprint density at radius 3 is 2.53 bits per heavy atom. The number of carbonyl (C=O) groups excluding carboxylic acids is 3. The lowest BCUT2D eigenvalue weighted by Crippen LogP contribution is -2.41. The molecule has 0 aliphatic heterocycles. The predicted octanol–water partition coefficient (Wildman–Crippen LogP) is 1.32. The van der Waals surface area contributed by atoms with Gasteiger partial charge in [-0.1, -0.05) is 0 Å². The Kier molecular flexibility index (Phi) is 6.53. The van der Waals surface area contributed by atoms with E-state index in [9.17, 15) is 14.4 Å². The average molecular weight is 412 g/mol. The molecule has 0 bridgehead atoms. The first-order valence-electron chi connectivity index (χ1n) is 8.98. The number of nitrogens with zero attached hydrogens (tertiary/aromatic N) is 3. The molecular formula is C19H20N6O5. The zero-order valence-electron chi connectivity index (χ0n) is 16.3. The van der Waals surface area contributed by atoms with Gasteiger partial charge in [0.05, 0.1) is 20.5 Å². The number of H-pyrrole nitrogens is 1. The van der Waals surface area contributed by atoms with Gasteiger partial charge in [0.1, 0.15) is 17.9 Å². The Balaban J connectivity index is 1.66. The largest absolute Gasteiger partial charge is 0.469 e. The van der Waals surface area contributed by atoms with Gasteiger partial charge in [0.2, 0.25) is 0 Å². The van der Waals surface area contributed by atoms with E-state index in [1.165, 1.54) is 26.9 Å². The summed E-state index contributed by atoms with van der Waals surface area (Å²) in [5.41, 5.74) is 2.22. The number of hydrogen-bond acceptors (Lipinski definition) is 9. The molecule has 0 saturated heterocycles. The molecule has 2 aromatic heterocycles. The van der Waals surface area contributed by atoms with Crippen molar-refractivity contribution in [2.24, 2.45) is 0 Å². The highest BCUT2D eigenvalue weighted by Crippen LogP contribution is 2.20. The van der Waals surface area contributed by atoms with E-state index in [0.717, 1.165) is 0 Å². The Labute approximate surface area is 171 Å². The van der Waals surface area contributed by atoms with Crippen LogP contribution in [0.15, 0.2) is 36.9 Å². The van der Waals surface area contributed by atoms with Crippen molar-refractivity contribution < 1.29 is 23.9 Å². The number of nitrogens with one attached hydrogen (secondary N) is 3. The molecule has 3 aromatic rings. The summed E-state index contributed by atoms with van der Waals surface area (Å²) >= 11 is 0. The maximum atomic E-state index is 12.5. The molecule has 0 aliphatic rings. The molecule has 11 nitrogen and oxygen atoms in total. The van der Waals surface area contributed by atoms with E-state index in [1.54, 1.807) is 24.3 Å². The Morgan fingerprint density at radius 1 is 1.07 bits per heavy atom. The molecule has 0 unspecified atom stereocenters. The summed E-state index contributed by atoms with van der Waals surface area (Å²) in [5.74, 6) is -1.05. The highest BCUT2D eigenvalue weighted by atomic mass is 16.5. The third-order valence-electron chi connectivity index (χ3n) is 4.29. The maximum absolute atomic E-state index is 12.5. The van der Waals surface area contributed by atoms with Crippen LogP contribution in [-0.2, 0) is 19.1 Å². The van der Waals surface area contributed by atoms with Gasteiger partial charge in [-0.2, -0.15) is 0 Å². The standard InChI is InChI=1S/C19H20N6O5/c1-29-14(26)8-7-13(19(28)30-2)25-18(27)11-3-5-12(6-4-11)24-17-15-16(21-9-20-15)22-10-23-17/h3-6,9-10,13H,7-8H2,1-2H3,(H,25,27)(H2,20,21,22,23,24)/t13-/m0/s1. The summed E-state index contributed by atoms with van der Waals surface area (Å²) in [6, 6.07) is 5.62. The normalized spacial score (nSPS) is 11.5. The molecule has 1 amide bonds. The second kappa shape index (κ2) is 9.45. The van der Waals surface area contributed by atoms with Gasteiger partial charge < -0.3 is 25.1 Å². The third kappa shape index (κ3) is 4.87. The van der Waals surface area contributed by atoms with Crippen molar-refractivity contribution in [1.29, 1.82) is 0 Å². The number of rotatable bonds is 8. The third-order valence-corrected chi connectivity index (χ3v) is 4.29. The summed E-state index contributed by atoms with van der Waals surface area (Å²) in [5, 5.41) is 5.70. The summed E-state index contributed by atoms with van der Waals surface area (Å²) in [6.45, 7) is 0. The summed E-state index contributed by atoms with van der Waals surface area (Å²) in [6.07, 6.45) is 2.96. The van der Waals surface area contributed by atoms with Crippen LogP contribution in [0.25, 0.3) is 11.2 Å². The quantitative estimate of drug-likeness (QED) is 0.466. The van der Waals surface area contributed by atoms with Crippen LogP contribution in [0.2, 0.25) is 0 Å². The number of amides is 1. The fourth-order valence-corrected chi connectivity index (χ4v) is 2.70. The van der Waals surface area contributed by atoms with E-state index < -0.39 is 23.9 Å². The lowest BCUT2D eigenvalue weighted by Gasteiger charge is -2.16. The monoisotopic (exact) mass is 412 g/mol. The number of benzene rings is 1. The number of aromatic nitrogens is 4. The maximum Gasteiger partial charge on any atom is 0.328 e. The summed E-state index contributed by atoms with van der Waals surface area (Å²) in [7, 11) is 2.46. The Morgan fingerprint density at radius 2 is 1.83 bits per heavy atom. The fraction of sp³-hybridized carbons (Fsp3) is 0.263. The summed E-state index contributed by atoms with van der Waals surface area (Å²) in [4.78, 5) is 51.0. The van der Waals surface area contributed by atoms with Gasteiger partial charge >= 0.3 is 11.9 Å². The van der Waals surface area contributed by atoms with E-state index in [0.29, 0.717) is 28.2 Å². The van der Waals surface area contributed by atoms with Crippen molar-refractivity contribution in [2.75, 3.05) is 19.5 Å². The second-order valence-electron chi connectivity index (χ2n) is 6.19. The molecule has 156 valence electrons. The van der Waals surface area contributed by atoms with Gasteiger partial charge in [-0.25, -0.2) is 19.7 Å². The molecule has 2 heterocycles. The SMILES string of the molecule is COC(=O)CC[C@H](NC(=O)c1ccc(Nc2ncnc3nc[nH]c23)cc1)C(=O)OC. The highest BCUT2D eigenvalue weighted by Gasteiger charge is 2.23. The molecule has 3 rings (SSSR count). The number of carbonyl (C=O) groups is 3. The number of aromatic amines is 1. The molecule has 30 heavy (non-hydrogen) atoms. The molecular weight excluding hydrogens is 392 g/mol. The van der Waals surface area contributed by atoms with Crippen LogP contribution in [0, 0.1) is 0 Å². The summed E-state index contributed by atoms with van der Waals surface area (Å²) < 4.78 is 9.25. The molecule has 0 fully saturated rings. The van der Waals surface area contributed by atoms with E-state index >= 15 is 0 Å². The first-order valence-corrected chi connectivity index (χ1v) is 8.98. The minimum absolute atomic E-state index is 0.0274. The smallest absolute Gasteiger partial charge is 0.328 e. The number of imidazole rings is 1. The van der Waals surface area contributed by atoms with Gasteiger partial charge in [0.15, 0.2) is 11.5 Å². The Bertz CT molecular complexity index is 1050. The van der Waals surface area contributed by atoms with Gasteiger partial charge in [0, 0.05) is 17.7 Å². The fourth-order valence-electron chi connectivity index (χ4n) is 2.70. The number of methoxy groups -OCH3 is 2. The zero-order valence-corrected chi connectivity index (χ0v) is 16.3. The predicted molar refractivity (Wildman–Crippen MR) is 106 cm³/mol. The number of hydrogen-bond donors (Lipinski definition) is 3. The zero-order chi connectivity index (χ0) is 21.5. The van der Waals surface area contributed by atoms with Gasteiger partial charge in [-0.3, -0.25) is 9.59 Å². The molecule has 0 spiro atoms. The van der Waals surface area contributed by atoms with Crippen LogP contribution >= 0.6 is 0 Å². The van der Waals surface area contributed by atoms with Crippen molar-refractivity contribution >= 4 is 40.5 Å². The molecule has 0 saturated carbocycles. The van der Waals surface area contributed by atoms with E-state index in [1.807, 2.05) is 0 Å². The van der Waals surface area contributed by atoms with E-state index in [4.69, 9.17) is 4.74 Å². The van der Waals surface area contributed by atoms with Gasteiger partial charge in [0.25, 0.3) is 5.91 Å². The van der Waals surface area contributed by atoms with Crippen LogP contribution in [-0.4, -0.2) is 58.0 Å². The average Bonchev–Trinajstić information content (AvgIpc) is 3.26. The number of esters is 2. The molecule has 3 N–H and O–H groups in total. The molecule has 0 radical (unpaired) electrons. The lowest BCUT2D eigenvalue weighted by molar-refractivity contribution is -0.144. The van der Waals surface area contributed by atoms with Crippen molar-refractivity contribution in [2.45, 2.75) is 18.9 Å². The second-order valence-corrected chi connectivity index (χ2v) is 6.19. The molecule has 1 atom stereocenters. The topological polar surface area (TPSA) is 148 Å². The number of ether oxygens (including phenoxy) is 2. The number of anilines is 2. The van der Waals surface area contributed by atoms with E-state index in [-0.39, 0.29) is 12.8 Å². The number of fused-ring (bicyclic) bond motifs is 1. The van der Waals surface area contributed by atoms with Crippen LogP contribution in [0.3, 0.4) is 0 Å². The molecule has 1 aromatic carbocycles. The minimum atomic E-state index is -0.964. The first kappa shape index (κ1) is 20.7. The van der Waals surface area contributed by atoms with Gasteiger partial charge in [-0.05, 0) is 30.7 Å². The lowest BCUT2D eigenvalue weighted by atomic mass is 10.1. The van der Waals surface area contributed by atoms with Crippen LogP contribution in [0.5, 0.6) is 0 Å². The van der Waals surface area contributed by atoms with Crippen molar-refractivity contribution in [3.63, 3.8) is 0 Å². The van der Waals surface area contributed by atoms with Crippen LogP contribution < -0.4 is 10.6 Å². The van der Waals surface area contributed by atoms with Crippen molar-refractivity contribution in [3.05, 3.63) is 42.5 Å². The van der Waals surface area contributed by atoms with Crippen LogP contribution in [0.4, 0.5) is 11.5 Å². The molecule has 0 aliphatic carbocycles. The van der Waals surface area contributed by atoms with Crippen molar-refractivity contribution in [3.8, 4) is 0 Å². The van der Waals surface area contributed by atoms with E-state index in [2.05, 4.69) is 35.3 Å². The Hall–Kier alpha value is -4.02. The molecule has 11 heteroatoms. The minimum Gasteiger partial charge on any atom is -0.469 e. The van der Waals surface area contributed by atoms with Crippen molar-refractivity contribution in [1.82, 2.24) is 25.3 Å². The van der Waals surface area contributed by atoms with Gasteiger partial charge in [-0.15, -0.1) is 0 Å².